The van der Waals surface area contributed by atoms with Crippen molar-refractivity contribution in [1.82, 2.24) is 30.4 Å². The smallest absolute Gasteiger partial charge is 0.165 e. The molecule has 106 valence electrons. The van der Waals surface area contributed by atoms with Crippen LogP contribution in [0.3, 0.4) is 0 Å². The summed E-state index contributed by atoms with van der Waals surface area (Å²) in [5, 5.41) is 15.5. The normalized spacial score (nSPS) is 20.1. The highest BCUT2D eigenvalue weighted by atomic mass is 15.5. The Labute approximate surface area is 118 Å². The van der Waals surface area contributed by atoms with E-state index >= 15 is 0 Å². The highest BCUT2D eigenvalue weighted by molar-refractivity contribution is 5.14. The lowest BCUT2D eigenvalue weighted by Crippen LogP contribution is -2.49. The van der Waals surface area contributed by atoms with Crippen molar-refractivity contribution in [2.24, 2.45) is 0 Å². The number of rotatable bonds is 4. The van der Waals surface area contributed by atoms with Crippen molar-refractivity contribution in [2.75, 3.05) is 19.6 Å². The van der Waals surface area contributed by atoms with Gasteiger partial charge in [0.05, 0.1) is 13.1 Å². The molecule has 6 heteroatoms. The van der Waals surface area contributed by atoms with E-state index in [9.17, 15) is 0 Å². The Morgan fingerprint density at radius 1 is 1.25 bits per heavy atom. The summed E-state index contributed by atoms with van der Waals surface area (Å²) in [6.07, 6.45) is 0. The third-order valence-corrected chi connectivity index (χ3v) is 3.76. The molecule has 1 unspecified atom stereocenters. The van der Waals surface area contributed by atoms with Gasteiger partial charge in [0.1, 0.15) is 0 Å². The maximum Gasteiger partial charge on any atom is 0.165 e. The molecule has 1 aromatic heterocycles. The number of nitrogens with zero attached hydrogens (tertiary/aromatic N) is 5. The van der Waals surface area contributed by atoms with Gasteiger partial charge in [-0.15, -0.1) is 5.10 Å². The zero-order valence-corrected chi connectivity index (χ0v) is 11.7. The zero-order chi connectivity index (χ0) is 13.8. The molecule has 1 aromatic carbocycles. The van der Waals surface area contributed by atoms with Gasteiger partial charge < -0.3 is 5.32 Å². The van der Waals surface area contributed by atoms with Crippen LogP contribution in [0.15, 0.2) is 30.3 Å². The molecule has 3 rings (SSSR count). The summed E-state index contributed by atoms with van der Waals surface area (Å²) in [6, 6.07) is 10.8. The number of piperazine rings is 1. The molecule has 1 saturated heterocycles. The SMILES string of the molecule is CC1CNCCN1Cc1nnnn1Cc1ccccc1. The average molecular weight is 272 g/mol. The van der Waals surface area contributed by atoms with E-state index in [1.807, 2.05) is 22.9 Å². The molecule has 2 heterocycles. The molecule has 0 saturated carbocycles. The van der Waals surface area contributed by atoms with E-state index in [0.717, 1.165) is 38.5 Å². The molecule has 0 aliphatic carbocycles. The molecular formula is C14H20N6. The minimum absolute atomic E-state index is 0.519. The number of hydrogen-bond donors (Lipinski definition) is 1. The monoisotopic (exact) mass is 272 g/mol. The molecule has 0 amide bonds. The molecule has 2 aromatic rings. The Balaban J connectivity index is 1.70. The number of aromatic nitrogens is 4. The first-order valence-electron chi connectivity index (χ1n) is 7.06. The summed E-state index contributed by atoms with van der Waals surface area (Å²) < 4.78 is 1.89. The fourth-order valence-corrected chi connectivity index (χ4v) is 2.52. The van der Waals surface area contributed by atoms with Crippen LogP contribution in [0, 0.1) is 0 Å². The predicted molar refractivity (Wildman–Crippen MR) is 76.1 cm³/mol. The molecule has 1 atom stereocenters. The summed E-state index contributed by atoms with van der Waals surface area (Å²) in [6.45, 7) is 6.87. The molecular weight excluding hydrogens is 252 g/mol. The van der Waals surface area contributed by atoms with Crippen LogP contribution in [0.4, 0.5) is 0 Å². The second kappa shape index (κ2) is 6.11. The van der Waals surface area contributed by atoms with Gasteiger partial charge >= 0.3 is 0 Å². The molecule has 1 fully saturated rings. The number of tetrazole rings is 1. The van der Waals surface area contributed by atoms with Crippen molar-refractivity contribution >= 4 is 0 Å². The molecule has 6 nitrogen and oxygen atoms in total. The maximum absolute atomic E-state index is 4.18. The standard InChI is InChI=1S/C14H20N6/c1-12-9-15-7-8-19(12)11-14-16-17-18-20(14)10-13-5-3-2-4-6-13/h2-6,12,15H,7-11H2,1H3. The van der Waals surface area contributed by atoms with Gasteiger partial charge in [-0.3, -0.25) is 4.90 Å². The minimum atomic E-state index is 0.519. The Morgan fingerprint density at radius 2 is 2.10 bits per heavy atom. The van der Waals surface area contributed by atoms with Gasteiger partial charge in [0.25, 0.3) is 0 Å². The molecule has 1 N–H and O–H groups in total. The van der Waals surface area contributed by atoms with Crippen LogP contribution >= 0.6 is 0 Å². The maximum atomic E-state index is 4.18. The van der Waals surface area contributed by atoms with Crippen LogP contribution in [-0.4, -0.2) is 50.8 Å². The van der Waals surface area contributed by atoms with E-state index in [-0.39, 0.29) is 0 Å². The van der Waals surface area contributed by atoms with Crippen LogP contribution in [0.5, 0.6) is 0 Å². The van der Waals surface area contributed by atoms with Crippen LogP contribution in [0.2, 0.25) is 0 Å². The molecule has 1 aliphatic heterocycles. The highest BCUT2D eigenvalue weighted by Crippen LogP contribution is 2.09. The van der Waals surface area contributed by atoms with Crippen molar-refractivity contribution < 1.29 is 0 Å². The average Bonchev–Trinajstić information content (AvgIpc) is 2.90. The van der Waals surface area contributed by atoms with Gasteiger partial charge in [-0.2, -0.15) is 0 Å². The van der Waals surface area contributed by atoms with Crippen molar-refractivity contribution in [2.45, 2.75) is 26.1 Å². The first-order valence-corrected chi connectivity index (χ1v) is 7.06. The van der Waals surface area contributed by atoms with E-state index in [2.05, 4.69) is 44.8 Å². The van der Waals surface area contributed by atoms with Gasteiger partial charge in [-0.25, -0.2) is 4.68 Å². The highest BCUT2D eigenvalue weighted by Gasteiger charge is 2.20. The lowest BCUT2D eigenvalue weighted by Gasteiger charge is -2.33. The van der Waals surface area contributed by atoms with Crippen LogP contribution in [0.1, 0.15) is 18.3 Å². The van der Waals surface area contributed by atoms with Gasteiger partial charge in [-0.05, 0) is 22.9 Å². The number of hydrogen-bond acceptors (Lipinski definition) is 5. The van der Waals surface area contributed by atoms with E-state index in [1.54, 1.807) is 0 Å². The molecule has 0 bridgehead atoms. The second-order valence-electron chi connectivity index (χ2n) is 5.26. The second-order valence-corrected chi connectivity index (χ2v) is 5.26. The Bertz CT molecular complexity index is 538. The van der Waals surface area contributed by atoms with E-state index in [1.165, 1.54) is 5.56 Å². The quantitative estimate of drug-likeness (QED) is 0.879. The number of benzene rings is 1. The molecule has 1 aliphatic rings. The first kappa shape index (κ1) is 13.2. The first-order chi connectivity index (χ1) is 9.83. The lowest BCUT2D eigenvalue weighted by atomic mass is 10.2. The van der Waals surface area contributed by atoms with Crippen molar-refractivity contribution in [3.63, 3.8) is 0 Å². The van der Waals surface area contributed by atoms with Crippen molar-refractivity contribution in [3.05, 3.63) is 41.7 Å². The number of nitrogens with one attached hydrogen (secondary N) is 1. The summed E-state index contributed by atoms with van der Waals surface area (Å²) in [5.74, 6) is 0.933. The van der Waals surface area contributed by atoms with Crippen LogP contribution in [-0.2, 0) is 13.1 Å². The molecule has 0 radical (unpaired) electrons. The minimum Gasteiger partial charge on any atom is -0.314 e. The Hall–Kier alpha value is -1.79. The molecule has 20 heavy (non-hydrogen) atoms. The summed E-state index contributed by atoms with van der Waals surface area (Å²) in [4.78, 5) is 2.42. The lowest BCUT2D eigenvalue weighted by molar-refractivity contribution is 0.159. The summed E-state index contributed by atoms with van der Waals surface area (Å²) in [5.41, 5.74) is 1.22. The Morgan fingerprint density at radius 3 is 2.90 bits per heavy atom. The van der Waals surface area contributed by atoms with Gasteiger partial charge in [0.2, 0.25) is 0 Å². The zero-order valence-electron chi connectivity index (χ0n) is 11.7. The van der Waals surface area contributed by atoms with Gasteiger partial charge in [0, 0.05) is 25.7 Å². The predicted octanol–water partition coefficient (Wildman–Crippen LogP) is 0.515. The third-order valence-electron chi connectivity index (χ3n) is 3.76. The Kier molecular flexibility index (Phi) is 4.03. The summed E-state index contributed by atoms with van der Waals surface area (Å²) >= 11 is 0. The largest absolute Gasteiger partial charge is 0.314 e. The van der Waals surface area contributed by atoms with Crippen LogP contribution in [0.25, 0.3) is 0 Å². The van der Waals surface area contributed by atoms with Gasteiger partial charge in [-0.1, -0.05) is 30.3 Å². The van der Waals surface area contributed by atoms with E-state index < -0.39 is 0 Å². The van der Waals surface area contributed by atoms with Crippen molar-refractivity contribution in [1.29, 1.82) is 0 Å². The van der Waals surface area contributed by atoms with Crippen molar-refractivity contribution in [3.8, 4) is 0 Å². The summed E-state index contributed by atoms with van der Waals surface area (Å²) in [7, 11) is 0. The van der Waals surface area contributed by atoms with Gasteiger partial charge in [0.15, 0.2) is 5.82 Å². The van der Waals surface area contributed by atoms with E-state index in [0.29, 0.717) is 6.04 Å². The van der Waals surface area contributed by atoms with E-state index in [4.69, 9.17) is 0 Å². The fraction of sp³-hybridized carbons (Fsp3) is 0.500. The molecule has 0 spiro atoms. The third kappa shape index (κ3) is 3.02. The fourth-order valence-electron chi connectivity index (χ4n) is 2.52. The topological polar surface area (TPSA) is 58.9 Å². The van der Waals surface area contributed by atoms with Crippen LogP contribution < -0.4 is 5.32 Å².